The number of esters is 2. The molecule has 0 radical (unpaired) electrons. The number of carboxylic acids is 1. The predicted molar refractivity (Wildman–Crippen MR) is 174 cm³/mol. The zero-order chi connectivity index (χ0) is 36.1. The number of hydrogen-bond acceptors (Lipinski definition) is 12. The maximum atomic E-state index is 13.8. The molecule has 0 saturated carbocycles. The van der Waals surface area contributed by atoms with E-state index in [4.69, 9.17) is 24.1 Å². The van der Waals surface area contributed by atoms with Gasteiger partial charge in [-0.1, -0.05) is 12.6 Å². The molecule has 1 aliphatic rings. The smallest absolute Gasteiger partial charge is 0.330 e. The van der Waals surface area contributed by atoms with Gasteiger partial charge in [-0.25, -0.2) is 14.6 Å². The number of carbonyl (C=O) groups excluding carboxylic acids is 5. The fourth-order valence-corrected chi connectivity index (χ4v) is 5.06. The molecule has 2 atom stereocenters. The van der Waals surface area contributed by atoms with E-state index in [0.29, 0.717) is 30.8 Å². The van der Waals surface area contributed by atoms with Gasteiger partial charge in [0.25, 0.3) is 5.91 Å². The lowest BCUT2D eigenvalue weighted by molar-refractivity contribution is -0.165. The van der Waals surface area contributed by atoms with Gasteiger partial charge in [0.05, 0.1) is 38.4 Å². The summed E-state index contributed by atoms with van der Waals surface area (Å²) in [6.45, 7) is 6.04. The van der Waals surface area contributed by atoms with Crippen molar-refractivity contribution in [3.8, 4) is 11.5 Å². The van der Waals surface area contributed by atoms with Gasteiger partial charge in [0.15, 0.2) is 17.3 Å². The van der Waals surface area contributed by atoms with E-state index >= 15 is 0 Å². The van der Waals surface area contributed by atoms with Crippen LogP contribution < -0.4 is 14.8 Å². The van der Waals surface area contributed by atoms with Crippen LogP contribution in [0.2, 0.25) is 0 Å². The number of ketones is 1. The molecule has 264 valence electrons. The van der Waals surface area contributed by atoms with Crippen molar-refractivity contribution < 1.29 is 52.8 Å². The van der Waals surface area contributed by atoms with Gasteiger partial charge in [-0.3, -0.25) is 24.2 Å². The monoisotopic (exact) mass is 682 g/mol. The Morgan fingerprint density at radius 3 is 2.49 bits per heavy atom. The molecule has 0 aliphatic carbocycles. The highest BCUT2D eigenvalue weighted by molar-refractivity contribution is 6.38. The Morgan fingerprint density at radius 1 is 1.08 bits per heavy atom. The molecule has 2 heterocycles. The molecule has 1 saturated heterocycles. The number of carboxylic acid groups (broad SMARTS) is 1. The summed E-state index contributed by atoms with van der Waals surface area (Å²) in [5.41, 5.74) is -0.349. The Morgan fingerprint density at radius 2 is 1.82 bits per heavy atom. The minimum atomic E-state index is -1.37. The summed E-state index contributed by atoms with van der Waals surface area (Å²) >= 11 is 0. The molecule has 1 aliphatic heterocycles. The maximum absolute atomic E-state index is 13.8. The van der Waals surface area contributed by atoms with Crippen LogP contribution >= 0.6 is 0 Å². The number of ether oxygens (including phenoxy) is 4. The average Bonchev–Trinajstić information content (AvgIpc) is 3.10. The number of piperidine rings is 1. The van der Waals surface area contributed by atoms with Crippen LogP contribution in [0.4, 0.5) is 5.82 Å². The normalized spacial score (nSPS) is 14.9. The van der Waals surface area contributed by atoms with Gasteiger partial charge < -0.3 is 34.3 Å². The first-order valence-corrected chi connectivity index (χ1v) is 15.7. The molecule has 1 aromatic carbocycles. The van der Waals surface area contributed by atoms with Gasteiger partial charge in [0, 0.05) is 19.0 Å². The molecule has 49 heavy (non-hydrogen) atoms. The lowest BCUT2D eigenvalue weighted by Crippen LogP contribution is -2.53. The van der Waals surface area contributed by atoms with Gasteiger partial charge >= 0.3 is 17.9 Å². The lowest BCUT2D eigenvalue weighted by Gasteiger charge is -2.36. The number of aliphatic carboxylic acids is 1. The van der Waals surface area contributed by atoms with Gasteiger partial charge in [0.2, 0.25) is 11.7 Å². The second-order valence-electron chi connectivity index (χ2n) is 12.0. The molecule has 0 spiro atoms. The predicted octanol–water partition coefficient (Wildman–Crippen LogP) is 3.22. The van der Waals surface area contributed by atoms with Gasteiger partial charge in [-0.05, 0) is 63.6 Å². The molecule has 0 bridgehead atoms. The summed E-state index contributed by atoms with van der Waals surface area (Å²) in [4.78, 5) is 85.1. The summed E-state index contributed by atoms with van der Waals surface area (Å²) in [7, 11) is 3.03. The molecule has 2 amide bonds. The Labute approximate surface area is 284 Å². The Kier molecular flexibility index (Phi) is 13.8. The maximum Gasteiger partial charge on any atom is 0.330 e. The molecule has 2 N–H and O–H groups in total. The molecule has 15 nitrogen and oxygen atoms in total. The second-order valence-corrected chi connectivity index (χ2v) is 12.0. The number of rotatable bonds is 17. The van der Waals surface area contributed by atoms with E-state index in [1.807, 2.05) is 6.07 Å². The van der Waals surface area contributed by atoms with Crippen LogP contribution in [0.1, 0.15) is 69.7 Å². The van der Waals surface area contributed by atoms with Crippen LogP contribution in [0.25, 0.3) is 0 Å². The first-order chi connectivity index (χ1) is 23.3. The summed E-state index contributed by atoms with van der Waals surface area (Å²) in [5.74, 6) is -3.87. The number of aromatic nitrogens is 2. The average molecular weight is 683 g/mol. The number of hydrogen-bond donors (Lipinski definition) is 2. The van der Waals surface area contributed by atoms with E-state index in [9.17, 15) is 28.8 Å². The van der Waals surface area contributed by atoms with Crippen LogP contribution in [0, 0.1) is 5.41 Å². The van der Waals surface area contributed by atoms with Crippen LogP contribution in [0.5, 0.6) is 11.5 Å². The van der Waals surface area contributed by atoms with Crippen molar-refractivity contribution in [1.82, 2.24) is 14.9 Å². The van der Waals surface area contributed by atoms with Crippen LogP contribution in [0.3, 0.4) is 0 Å². The zero-order valence-electron chi connectivity index (χ0n) is 28.1. The van der Waals surface area contributed by atoms with Crippen molar-refractivity contribution >= 4 is 41.3 Å². The molecule has 3 rings (SSSR count). The number of methoxy groups -OCH3 is 2. The first kappa shape index (κ1) is 38.1. The van der Waals surface area contributed by atoms with E-state index in [0.717, 1.165) is 11.6 Å². The molecule has 2 aromatic rings. The third kappa shape index (κ3) is 10.8. The third-order valence-electron chi connectivity index (χ3n) is 7.80. The number of nitrogens with zero attached hydrogens (tertiary/aromatic N) is 3. The molecule has 1 aromatic heterocycles. The van der Waals surface area contributed by atoms with Crippen molar-refractivity contribution in [3.63, 3.8) is 0 Å². The number of Topliss-reactive ketones (excluding diaryl/α,β-unsaturated/α-hetero) is 1. The highest BCUT2D eigenvalue weighted by Crippen LogP contribution is 2.31. The SMILES string of the molecule is C=CC(=O)OCC(C)(C)C(=O)C(=O)N1CCCCC1C(=O)O[C@H](CCc1ccc(OC)c(OC)c1)c1cncc(NC(=O)CCC(=O)O)n1. The molecule has 1 fully saturated rings. The van der Waals surface area contributed by atoms with Crippen molar-refractivity contribution in [2.24, 2.45) is 5.41 Å². The number of carbonyl (C=O) groups is 6. The van der Waals surface area contributed by atoms with Gasteiger partial charge in [-0.15, -0.1) is 0 Å². The number of likely N-dealkylation sites (tertiary alicyclic amines) is 1. The van der Waals surface area contributed by atoms with E-state index < -0.39 is 53.1 Å². The number of anilines is 1. The summed E-state index contributed by atoms with van der Waals surface area (Å²) in [6.07, 6.45) is 3.93. The molecule has 15 heteroatoms. The minimum absolute atomic E-state index is 0.0273. The van der Waals surface area contributed by atoms with E-state index in [1.165, 1.54) is 45.4 Å². The standard InChI is InChI=1S/C34H42N4O11/c1-6-30(42)48-20-34(2,3)31(43)32(44)38-16-8-7-9-23(38)33(45)49-24(12-10-21-11-13-25(46-4)26(17-21)47-5)22-18-35-19-27(36-22)37-28(39)14-15-29(40)41/h6,11,13,17-19,23-24H,1,7-10,12,14-16,20H2,2-5H3,(H,40,41)(H,36,37,39)/t23?,24-/m1/s1. The minimum Gasteiger partial charge on any atom is -0.493 e. The highest BCUT2D eigenvalue weighted by Gasteiger charge is 2.42. The summed E-state index contributed by atoms with van der Waals surface area (Å²) in [5, 5.41) is 11.4. The van der Waals surface area contributed by atoms with Gasteiger partial charge in [0.1, 0.15) is 24.4 Å². The van der Waals surface area contributed by atoms with E-state index in [-0.39, 0.29) is 50.3 Å². The molecular formula is C34H42N4O11. The number of nitrogens with one attached hydrogen (secondary N) is 1. The Hall–Kier alpha value is -5.34. The summed E-state index contributed by atoms with van der Waals surface area (Å²) < 4.78 is 21.7. The first-order valence-electron chi connectivity index (χ1n) is 15.7. The zero-order valence-corrected chi connectivity index (χ0v) is 28.1. The van der Waals surface area contributed by atoms with Crippen molar-refractivity contribution in [2.75, 3.05) is 32.7 Å². The van der Waals surface area contributed by atoms with Crippen LogP contribution in [-0.4, -0.2) is 88.9 Å². The summed E-state index contributed by atoms with van der Waals surface area (Å²) in [6, 6.07) is 4.27. The quantitative estimate of drug-likeness (QED) is 0.140. The van der Waals surface area contributed by atoms with Crippen molar-refractivity contribution in [2.45, 2.75) is 70.9 Å². The van der Waals surface area contributed by atoms with Crippen LogP contribution in [-0.2, 0) is 44.7 Å². The Bertz CT molecular complexity index is 1560. The fraction of sp³-hybridized carbons (Fsp3) is 0.471. The van der Waals surface area contributed by atoms with Crippen molar-refractivity contribution in [3.05, 3.63) is 54.5 Å². The molecule has 1 unspecified atom stereocenters. The topological polar surface area (TPSA) is 201 Å². The third-order valence-corrected chi connectivity index (χ3v) is 7.80. The van der Waals surface area contributed by atoms with Crippen molar-refractivity contribution in [1.29, 1.82) is 0 Å². The van der Waals surface area contributed by atoms with E-state index in [1.54, 1.807) is 12.1 Å². The van der Waals surface area contributed by atoms with E-state index in [2.05, 4.69) is 21.9 Å². The number of aryl methyl sites for hydroxylation is 1. The van der Waals surface area contributed by atoms with Gasteiger partial charge in [-0.2, -0.15) is 0 Å². The Balaban J connectivity index is 1.86. The lowest BCUT2D eigenvalue weighted by atomic mass is 9.87. The fourth-order valence-electron chi connectivity index (χ4n) is 5.06. The number of benzene rings is 1. The largest absolute Gasteiger partial charge is 0.493 e. The number of amides is 2. The highest BCUT2D eigenvalue weighted by atomic mass is 16.5. The second kappa shape index (κ2) is 17.7. The molecular weight excluding hydrogens is 640 g/mol. The van der Waals surface area contributed by atoms with Crippen LogP contribution in [0.15, 0.2) is 43.2 Å².